The summed E-state index contributed by atoms with van der Waals surface area (Å²) in [4.78, 5) is 17.3. The van der Waals surface area contributed by atoms with Crippen LogP contribution >= 0.6 is 11.6 Å². The first-order chi connectivity index (χ1) is 7.86. The summed E-state index contributed by atoms with van der Waals surface area (Å²) in [6.45, 7) is 1.37. The topological polar surface area (TPSA) is 101 Å². The van der Waals surface area contributed by atoms with Gasteiger partial charge >= 0.3 is 5.97 Å². The third kappa shape index (κ3) is 3.69. The molecule has 0 aliphatic rings. The number of ether oxygens (including phenoxy) is 1. The van der Waals surface area contributed by atoms with Crippen LogP contribution in [0.25, 0.3) is 0 Å². The van der Waals surface area contributed by atoms with Crippen molar-refractivity contribution in [3.63, 3.8) is 0 Å². The third-order valence-electron chi connectivity index (χ3n) is 1.88. The number of carbonyl (C=O) groups is 1. The van der Waals surface area contributed by atoms with Gasteiger partial charge in [-0.3, -0.25) is 4.79 Å². The van der Waals surface area contributed by atoms with Gasteiger partial charge in [-0.1, -0.05) is 0 Å². The standard InChI is InChI=1S/C8H12ClN3O4S/c1-5-10-4-7(12-5)17(14,15)11-3-6(9)8(13)16-2/h4,6,11H,3H2,1-2H3,(H,10,12). The lowest BCUT2D eigenvalue weighted by Crippen LogP contribution is -2.34. The molecule has 96 valence electrons. The molecule has 0 radical (unpaired) electrons. The van der Waals surface area contributed by atoms with Crippen LogP contribution in [0.4, 0.5) is 0 Å². The smallest absolute Gasteiger partial charge is 0.325 e. The molecule has 0 aliphatic carbocycles. The largest absolute Gasteiger partial charge is 0.468 e. The van der Waals surface area contributed by atoms with Crippen molar-refractivity contribution < 1.29 is 17.9 Å². The number of alkyl halides is 1. The van der Waals surface area contributed by atoms with E-state index in [1.807, 2.05) is 0 Å². The predicted octanol–water partition coefficient (Wildman–Crippen LogP) is -0.223. The normalized spacial score (nSPS) is 13.4. The minimum absolute atomic E-state index is 0.0799. The number of rotatable bonds is 5. The molecule has 17 heavy (non-hydrogen) atoms. The van der Waals surface area contributed by atoms with Gasteiger partial charge in [0.15, 0.2) is 5.03 Å². The van der Waals surface area contributed by atoms with E-state index >= 15 is 0 Å². The Morgan fingerprint density at radius 1 is 1.71 bits per heavy atom. The number of aryl methyl sites for hydroxylation is 1. The van der Waals surface area contributed by atoms with Crippen LogP contribution in [-0.4, -0.2) is 43.4 Å². The summed E-state index contributed by atoms with van der Waals surface area (Å²) in [7, 11) is -2.57. The molecule has 9 heteroatoms. The van der Waals surface area contributed by atoms with Gasteiger partial charge in [0.05, 0.1) is 13.3 Å². The average Bonchev–Trinajstić information content (AvgIpc) is 2.72. The van der Waals surface area contributed by atoms with Crippen molar-refractivity contribution in [2.75, 3.05) is 13.7 Å². The van der Waals surface area contributed by atoms with Crippen LogP contribution < -0.4 is 4.72 Å². The number of hydrogen-bond acceptors (Lipinski definition) is 5. The Morgan fingerprint density at radius 3 is 2.82 bits per heavy atom. The summed E-state index contributed by atoms with van der Waals surface area (Å²) in [6.07, 6.45) is 1.18. The van der Waals surface area contributed by atoms with Crippen molar-refractivity contribution in [2.24, 2.45) is 0 Å². The SMILES string of the molecule is COC(=O)C(Cl)CNS(=O)(=O)c1cnc(C)[nH]1. The number of nitrogens with zero attached hydrogens (tertiary/aromatic N) is 1. The van der Waals surface area contributed by atoms with Gasteiger partial charge in [-0.15, -0.1) is 11.6 Å². The molecule has 1 aromatic rings. The van der Waals surface area contributed by atoms with Gasteiger partial charge in [-0.05, 0) is 6.92 Å². The number of esters is 1. The monoisotopic (exact) mass is 281 g/mol. The van der Waals surface area contributed by atoms with Crippen LogP contribution in [0.15, 0.2) is 11.2 Å². The molecule has 0 saturated carbocycles. The first-order valence-electron chi connectivity index (χ1n) is 4.60. The molecule has 0 amide bonds. The summed E-state index contributed by atoms with van der Waals surface area (Å²) in [6, 6.07) is 0. The van der Waals surface area contributed by atoms with Crippen LogP contribution in [-0.2, 0) is 19.6 Å². The quantitative estimate of drug-likeness (QED) is 0.574. The number of nitrogens with one attached hydrogen (secondary N) is 2. The first-order valence-corrected chi connectivity index (χ1v) is 6.52. The molecule has 0 aromatic carbocycles. The second-order valence-electron chi connectivity index (χ2n) is 3.18. The van der Waals surface area contributed by atoms with Crippen LogP contribution in [0, 0.1) is 6.92 Å². The van der Waals surface area contributed by atoms with E-state index in [0.29, 0.717) is 5.82 Å². The van der Waals surface area contributed by atoms with Crippen molar-refractivity contribution in [1.29, 1.82) is 0 Å². The van der Waals surface area contributed by atoms with Crippen molar-refractivity contribution in [3.05, 3.63) is 12.0 Å². The number of hydrogen-bond donors (Lipinski definition) is 2. The molecule has 2 N–H and O–H groups in total. The maximum absolute atomic E-state index is 11.7. The van der Waals surface area contributed by atoms with Crippen molar-refractivity contribution in [3.8, 4) is 0 Å². The number of imidazole rings is 1. The highest BCUT2D eigenvalue weighted by Crippen LogP contribution is 2.05. The van der Waals surface area contributed by atoms with E-state index < -0.39 is 21.4 Å². The Bertz CT molecular complexity index is 499. The van der Waals surface area contributed by atoms with Crippen molar-refractivity contribution in [2.45, 2.75) is 17.3 Å². The highest BCUT2D eigenvalue weighted by Gasteiger charge is 2.21. The van der Waals surface area contributed by atoms with Crippen LogP contribution in [0.1, 0.15) is 5.82 Å². The fourth-order valence-corrected chi connectivity index (χ4v) is 2.28. The molecule has 0 fully saturated rings. The summed E-state index contributed by atoms with van der Waals surface area (Å²) >= 11 is 5.60. The maximum Gasteiger partial charge on any atom is 0.325 e. The highest BCUT2D eigenvalue weighted by molar-refractivity contribution is 7.89. The summed E-state index contributed by atoms with van der Waals surface area (Å²) < 4.78 is 29.9. The van der Waals surface area contributed by atoms with Gasteiger partial charge in [0.2, 0.25) is 0 Å². The number of aromatic amines is 1. The van der Waals surface area contributed by atoms with Gasteiger partial charge in [0, 0.05) is 6.54 Å². The van der Waals surface area contributed by atoms with Crippen molar-refractivity contribution >= 4 is 27.6 Å². The zero-order chi connectivity index (χ0) is 13.1. The molecule has 1 heterocycles. The Hall–Kier alpha value is -1.12. The van der Waals surface area contributed by atoms with Gasteiger partial charge < -0.3 is 9.72 Å². The van der Waals surface area contributed by atoms with E-state index in [0.717, 1.165) is 0 Å². The summed E-state index contributed by atoms with van der Waals surface area (Å²) in [5.41, 5.74) is 0. The van der Waals surface area contributed by atoms with E-state index in [4.69, 9.17) is 11.6 Å². The molecule has 0 spiro atoms. The summed E-state index contributed by atoms with van der Waals surface area (Å²) in [5, 5.41) is -1.15. The molecule has 0 saturated heterocycles. The lowest BCUT2D eigenvalue weighted by Gasteiger charge is -2.08. The van der Waals surface area contributed by atoms with Crippen LogP contribution in [0.3, 0.4) is 0 Å². The van der Waals surface area contributed by atoms with Crippen LogP contribution in [0.2, 0.25) is 0 Å². The van der Waals surface area contributed by atoms with Gasteiger partial charge in [0.1, 0.15) is 11.2 Å². The minimum Gasteiger partial charge on any atom is -0.468 e. The van der Waals surface area contributed by atoms with E-state index in [2.05, 4.69) is 19.4 Å². The van der Waals surface area contributed by atoms with E-state index in [1.54, 1.807) is 6.92 Å². The Kier molecular flexibility index (Phi) is 4.49. The number of sulfonamides is 1. The third-order valence-corrected chi connectivity index (χ3v) is 3.54. The van der Waals surface area contributed by atoms with Crippen LogP contribution in [0.5, 0.6) is 0 Å². The molecule has 1 unspecified atom stereocenters. The maximum atomic E-state index is 11.7. The molecule has 1 rings (SSSR count). The Morgan fingerprint density at radius 2 is 2.35 bits per heavy atom. The van der Waals surface area contributed by atoms with Crippen molar-refractivity contribution in [1.82, 2.24) is 14.7 Å². The zero-order valence-electron chi connectivity index (χ0n) is 9.23. The van der Waals surface area contributed by atoms with Gasteiger partial charge in [-0.25, -0.2) is 18.1 Å². The Balaban J connectivity index is 2.66. The molecule has 1 atom stereocenters. The molecule has 0 aliphatic heterocycles. The van der Waals surface area contributed by atoms with E-state index in [9.17, 15) is 13.2 Å². The number of halogens is 1. The number of aromatic nitrogens is 2. The second kappa shape index (κ2) is 5.48. The first kappa shape index (κ1) is 13.9. The van der Waals surface area contributed by atoms with E-state index in [-0.39, 0.29) is 11.6 Å². The molecule has 0 bridgehead atoms. The molecular weight excluding hydrogens is 270 g/mol. The predicted molar refractivity (Wildman–Crippen MR) is 60.2 cm³/mol. The fourth-order valence-electron chi connectivity index (χ4n) is 1.01. The number of H-pyrrole nitrogens is 1. The average molecular weight is 282 g/mol. The molecule has 7 nitrogen and oxygen atoms in total. The van der Waals surface area contributed by atoms with Gasteiger partial charge in [-0.2, -0.15) is 0 Å². The summed E-state index contributed by atoms with van der Waals surface area (Å²) in [5.74, 6) is -0.226. The highest BCUT2D eigenvalue weighted by atomic mass is 35.5. The lowest BCUT2D eigenvalue weighted by molar-refractivity contribution is -0.140. The lowest BCUT2D eigenvalue weighted by atomic mass is 10.4. The van der Waals surface area contributed by atoms with E-state index in [1.165, 1.54) is 13.3 Å². The number of carbonyl (C=O) groups excluding carboxylic acids is 1. The molecule has 1 aromatic heterocycles. The fraction of sp³-hybridized carbons (Fsp3) is 0.500. The number of methoxy groups -OCH3 is 1. The minimum atomic E-state index is -3.74. The Labute approximate surface area is 104 Å². The second-order valence-corrected chi connectivity index (χ2v) is 5.44. The molecular formula is C8H12ClN3O4S. The zero-order valence-corrected chi connectivity index (χ0v) is 10.8. The van der Waals surface area contributed by atoms with Gasteiger partial charge in [0.25, 0.3) is 10.0 Å².